The minimum absolute atomic E-state index is 0.198. The number of aromatic amines is 1. The normalized spacial score (nSPS) is 10.6. The fraction of sp³-hybridized carbons (Fsp3) is 0.111. The molecule has 0 bridgehead atoms. The molecular formula is C18H16ClN3O. The molecule has 0 amide bonds. The minimum atomic E-state index is -0.198. The summed E-state index contributed by atoms with van der Waals surface area (Å²) in [6, 6.07) is 15.0. The van der Waals surface area contributed by atoms with Crippen LogP contribution in [0.15, 0.2) is 53.3 Å². The largest absolute Gasteiger partial charge is 0.325 e. The van der Waals surface area contributed by atoms with Crippen molar-refractivity contribution >= 4 is 23.2 Å². The molecule has 23 heavy (non-hydrogen) atoms. The molecule has 1 heterocycles. The number of hydrogen-bond donors (Lipinski definition) is 2. The summed E-state index contributed by atoms with van der Waals surface area (Å²) in [6.07, 6.45) is 0. The lowest BCUT2D eigenvalue weighted by Gasteiger charge is -2.11. The lowest BCUT2D eigenvalue weighted by Crippen LogP contribution is -2.15. The SMILES string of the molecule is Cc1ccccc1Nc1nc(C)c(-c2cccc(Cl)c2)c(=O)[nH]1. The van der Waals surface area contributed by atoms with Gasteiger partial charge in [-0.3, -0.25) is 9.78 Å². The summed E-state index contributed by atoms with van der Waals surface area (Å²) in [5, 5.41) is 3.74. The summed E-state index contributed by atoms with van der Waals surface area (Å²) in [7, 11) is 0. The Hall–Kier alpha value is -2.59. The summed E-state index contributed by atoms with van der Waals surface area (Å²) in [6.45, 7) is 3.81. The van der Waals surface area contributed by atoms with Crippen LogP contribution in [0.1, 0.15) is 11.3 Å². The summed E-state index contributed by atoms with van der Waals surface area (Å²) < 4.78 is 0. The van der Waals surface area contributed by atoms with Crippen molar-refractivity contribution in [2.45, 2.75) is 13.8 Å². The zero-order valence-electron chi connectivity index (χ0n) is 12.9. The predicted octanol–water partition coefficient (Wildman–Crippen LogP) is 4.45. The Balaban J connectivity index is 2.01. The minimum Gasteiger partial charge on any atom is -0.325 e. The van der Waals surface area contributed by atoms with Gasteiger partial charge in [-0.05, 0) is 43.2 Å². The quantitative estimate of drug-likeness (QED) is 0.748. The van der Waals surface area contributed by atoms with Crippen LogP contribution in [-0.4, -0.2) is 9.97 Å². The molecule has 3 rings (SSSR count). The number of aromatic nitrogens is 2. The average Bonchev–Trinajstić information content (AvgIpc) is 2.49. The third-order valence-electron chi connectivity index (χ3n) is 3.61. The molecule has 0 aliphatic carbocycles. The van der Waals surface area contributed by atoms with Gasteiger partial charge in [-0.2, -0.15) is 0 Å². The van der Waals surface area contributed by atoms with E-state index >= 15 is 0 Å². The standard InChI is InChI=1S/C18H16ClN3O/c1-11-6-3-4-9-15(11)21-18-20-12(2)16(17(23)22-18)13-7-5-8-14(19)10-13/h3-10H,1-2H3,(H2,20,21,22,23). The van der Waals surface area contributed by atoms with Crippen LogP contribution < -0.4 is 10.9 Å². The van der Waals surface area contributed by atoms with Crippen LogP contribution >= 0.6 is 11.6 Å². The number of halogens is 1. The van der Waals surface area contributed by atoms with Gasteiger partial charge in [-0.15, -0.1) is 0 Å². The van der Waals surface area contributed by atoms with Crippen LogP contribution in [0, 0.1) is 13.8 Å². The van der Waals surface area contributed by atoms with Crippen LogP contribution in [0.2, 0.25) is 5.02 Å². The van der Waals surface area contributed by atoms with Crippen LogP contribution in [-0.2, 0) is 0 Å². The van der Waals surface area contributed by atoms with Gasteiger partial charge in [0.25, 0.3) is 5.56 Å². The van der Waals surface area contributed by atoms with E-state index in [1.807, 2.05) is 50.2 Å². The molecule has 0 unspecified atom stereocenters. The smallest absolute Gasteiger partial charge is 0.260 e. The van der Waals surface area contributed by atoms with E-state index in [0.717, 1.165) is 16.8 Å². The Bertz CT molecular complexity index is 918. The summed E-state index contributed by atoms with van der Waals surface area (Å²) in [5.74, 6) is 0.424. The molecule has 0 aliphatic heterocycles. The van der Waals surface area contributed by atoms with Crippen molar-refractivity contribution in [2.24, 2.45) is 0 Å². The molecule has 0 saturated carbocycles. The van der Waals surface area contributed by atoms with Gasteiger partial charge in [0.15, 0.2) is 0 Å². The Labute approximate surface area is 139 Å². The third kappa shape index (κ3) is 3.27. The highest BCUT2D eigenvalue weighted by atomic mass is 35.5. The molecule has 0 radical (unpaired) electrons. The van der Waals surface area contributed by atoms with Crippen LogP contribution in [0.5, 0.6) is 0 Å². The molecule has 0 saturated heterocycles. The van der Waals surface area contributed by atoms with Gasteiger partial charge in [0, 0.05) is 10.7 Å². The molecule has 0 fully saturated rings. The molecule has 3 aromatic rings. The molecule has 2 N–H and O–H groups in total. The first-order valence-corrected chi connectivity index (χ1v) is 7.62. The maximum absolute atomic E-state index is 12.5. The maximum Gasteiger partial charge on any atom is 0.260 e. The highest BCUT2D eigenvalue weighted by Gasteiger charge is 2.11. The van der Waals surface area contributed by atoms with E-state index in [0.29, 0.717) is 22.2 Å². The number of aryl methyl sites for hydroxylation is 2. The molecule has 1 aromatic heterocycles. The number of para-hydroxylation sites is 1. The van der Waals surface area contributed by atoms with Gasteiger partial charge in [0.2, 0.25) is 5.95 Å². The molecule has 0 atom stereocenters. The fourth-order valence-corrected chi connectivity index (χ4v) is 2.66. The first-order chi connectivity index (χ1) is 11.0. The number of hydrogen-bond acceptors (Lipinski definition) is 3. The highest BCUT2D eigenvalue weighted by Crippen LogP contribution is 2.23. The first kappa shape index (κ1) is 15.3. The van der Waals surface area contributed by atoms with Crippen molar-refractivity contribution in [3.63, 3.8) is 0 Å². The van der Waals surface area contributed by atoms with E-state index < -0.39 is 0 Å². The van der Waals surface area contributed by atoms with Crippen molar-refractivity contribution < 1.29 is 0 Å². The van der Waals surface area contributed by atoms with Gasteiger partial charge in [-0.25, -0.2) is 4.98 Å². The zero-order chi connectivity index (χ0) is 16.4. The number of H-pyrrole nitrogens is 1. The van der Waals surface area contributed by atoms with E-state index in [4.69, 9.17) is 11.6 Å². The van der Waals surface area contributed by atoms with E-state index in [1.54, 1.807) is 12.1 Å². The molecule has 4 nitrogen and oxygen atoms in total. The second-order valence-corrected chi connectivity index (χ2v) is 5.76. The fourth-order valence-electron chi connectivity index (χ4n) is 2.47. The number of anilines is 2. The zero-order valence-corrected chi connectivity index (χ0v) is 13.6. The van der Waals surface area contributed by atoms with Gasteiger partial charge in [0.1, 0.15) is 0 Å². The molecule has 116 valence electrons. The molecule has 2 aromatic carbocycles. The van der Waals surface area contributed by atoms with Crippen molar-refractivity contribution in [1.82, 2.24) is 9.97 Å². The Morgan fingerprint density at radius 1 is 1.09 bits per heavy atom. The third-order valence-corrected chi connectivity index (χ3v) is 3.85. The monoisotopic (exact) mass is 325 g/mol. The Morgan fingerprint density at radius 3 is 2.57 bits per heavy atom. The lowest BCUT2D eigenvalue weighted by molar-refractivity contribution is 1.07. The van der Waals surface area contributed by atoms with Crippen LogP contribution in [0.4, 0.5) is 11.6 Å². The topological polar surface area (TPSA) is 57.8 Å². The van der Waals surface area contributed by atoms with Crippen molar-refractivity contribution in [3.05, 3.63) is 75.2 Å². The Kier molecular flexibility index (Phi) is 4.17. The second kappa shape index (κ2) is 6.26. The van der Waals surface area contributed by atoms with E-state index in [-0.39, 0.29) is 5.56 Å². The van der Waals surface area contributed by atoms with Crippen molar-refractivity contribution in [3.8, 4) is 11.1 Å². The second-order valence-electron chi connectivity index (χ2n) is 5.33. The number of nitrogens with zero attached hydrogens (tertiary/aromatic N) is 1. The number of nitrogens with one attached hydrogen (secondary N) is 2. The number of rotatable bonds is 3. The predicted molar refractivity (Wildman–Crippen MR) is 94.5 cm³/mol. The van der Waals surface area contributed by atoms with Crippen LogP contribution in [0.25, 0.3) is 11.1 Å². The summed E-state index contributed by atoms with van der Waals surface area (Å²) >= 11 is 6.01. The highest BCUT2D eigenvalue weighted by molar-refractivity contribution is 6.30. The average molecular weight is 326 g/mol. The molecule has 0 aliphatic rings. The lowest BCUT2D eigenvalue weighted by atomic mass is 10.1. The van der Waals surface area contributed by atoms with Gasteiger partial charge < -0.3 is 5.32 Å². The van der Waals surface area contributed by atoms with E-state index in [1.165, 1.54) is 0 Å². The molecular weight excluding hydrogens is 310 g/mol. The summed E-state index contributed by atoms with van der Waals surface area (Å²) in [5.41, 5.74) is 3.72. The molecule has 5 heteroatoms. The van der Waals surface area contributed by atoms with Crippen molar-refractivity contribution in [1.29, 1.82) is 0 Å². The van der Waals surface area contributed by atoms with E-state index in [9.17, 15) is 4.79 Å². The van der Waals surface area contributed by atoms with Gasteiger partial charge in [-0.1, -0.05) is 41.9 Å². The van der Waals surface area contributed by atoms with Gasteiger partial charge in [0.05, 0.1) is 11.3 Å². The first-order valence-electron chi connectivity index (χ1n) is 7.24. The Morgan fingerprint density at radius 2 is 1.87 bits per heavy atom. The van der Waals surface area contributed by atoms with Gasteiger partial charge >= 0.3 is 0 Å². The van der Waals surface area contributed by atoms with Crippen LogP contribution in [0.3, 0.4) is 0 Å². The maximum atomic E-state index is 12.5. The van der Waals surface area contributed by atoms with Crippen molar-refractivity contribution in [2.75, 3.05) is 5.32 Å². The number of benzene rings is 2. The molecule has 0 spiro atoms. The van der Waals surface area contributed by atoms with E-state index in [2.05, 4.69) is 15.3 Å². The summed E-state index contributed by atoms with van der Waals surface area (Å²) in [4.78, 5) is 19.7.